The SMILES string of the molecule is O=C(C1CC2CCCCC2N1)N1CCOC(c2ccc(F)cc2)C1. The number of amides is 1. The number of fused-ring (bicyclic) bond motifs is 1. The molecule has 0 spiro atoms. The number of nitrogens with zero attached hydrogens (tertiary/aromatic N) is 1. The summed E-state index contributed by atoms with van der Waals surface area (Å²) in [7, 11) is 0. The molecule has 1 N–H and O–H groups in total. The first-order valence-corrected chi connectivity index (χ1v) is 9.12. The van der Waals surface area contributed by atoms with E-state index in [-0.39, 0.29) is 23.9 Å². The molecule has 5 heteroatoms. The highest BCUT2D eigenvalue weighted by Crippen LogP contribution is 2.34. The minimum absolute atomic E-state index is 0.0370. The van der Waals surface area contributed by atoms with Crippen molar-refractivity contribution >= 4 is 5.91 Å². The molecule has 0 radical (unpaired) electrons. The van der Waals surface area contributed by atoms with Gasteiger partial charge in [-0.15, -0.1) is 0 Å². The van der Waals surface area contributed by atoms with E-state index < -0.39 is 0 Å². The summed E-state index contributed by atoms with van der Waals surface area (Å²) in [5.41, 5.74) is 0.932. The van der Waals surface area contributed by atoms with E-state index in [1.165, 1.54) is 37.8 Å². The number of halogens is 1. The lowest BCUT2D eigenvalue weighted by Crippen LogP contribution is -2.50. The second-order valence-electron chi connectivity index (χ2n) is 7.30. The first-order valence-electron chi connectivity index (χ1n) is 9.12. The van der Waals surface area contributed by atoms with Crippen molar-refractivity contribution < 1.29 is 13.9 Å². The summed E-state index contributed by atoms with van der Waals surface area (Å²) in [6, 6.07) is 6.88. The molecule has 4 atom stereocenters. The van der Waals surface area contributed by atoms with Gasteiger partial charge in [0, 0.05) is 12.6 Å². The van der Waals surface area contributed by atoms with Gasteiger partial charge in [0.2, 0.25) is 5.91 Å². The fraction of sp³-hybridized carbons (Fsp3) is 0.632. The van der Waals surface area contributed by atoms with Gasteiger partial charge in [-0.25, -0.2) is 4.39 Å². The Hall–Kier alpha value is -1.46. The summed E-state index contributed by atoms with van der Waals surface area (Å²) < 4.78 is 18.9. The predicted molar refractivity (Wildman–Crippen MR) is 89.0 cm³/mol. The lowest BCUT2D eigenvalue weighted by molar-refractivity contribution is -0.141. The third-order valence-corrected chi connectivity index (χ3v) is 5.78. The summed E-state index contributed by atoms with van der Waals surface area (Å²) in [4.78, 5) is 14.8. The van der Waals surface area contributed by atoms with Gasteiger partial charge in [0.1, 0.15) is 11.9 Å². The van der Waals surface area contributed by atoms with E-state index in [1.807, 2.05) is 4.90 Å². The van der Waals surface area contributed by atoms with Gasteiger partial charge < -0.3 is 15.0 Å². The monoisotopic (exact) mass is 332 g/mol. The second kappa shape index (κ2) is 6.81. The summed E-state index contributed by atoms with van der Waals surface area (Å²) >= 11 is 0. The van der Waals surface area contributed by atoms with E-state index in [0.29, 0.717) is 31.7 Å². The van der Waals surface area contributed by atoms with Crippen molar-refractivity contribution in [2.45, 2.75) is 50.3 Å². The zero-order chi connectivity index (χ0) is 16.5. The Morgan fingerprint density at radius 3 is 2.79 bits per heavy atom. The molecule has 1 aromatic rings. The molecule has 3 aliphatic rings. The van der Waals surface area contributed by atoms with Crippen LogP contribution in [0.5, 0.6) is 0 Å². The van der Waals surface area contributed by atoms with Gasteiger partial charge in [-0.05, 0) is 42.9 Å². The van der Waals surface area contributed by atoms with Crippen LogP contribution in [0.4, 0.5) is 4.39 Å². The summed E-state index contributed by atoms with van der Waals surface area (Å²) in [5, 5.41) is 3.57. The molecule has 130 valence electrons. The van der Waals surface area contributed by atoms with Crippen molar-refractivity contribution in [3.8, 4) is 0 Å². The van der Waals surface area contributed by atoms with Crippen LogP contribution in [0.1, 0.15) is 43.8 Å². The lowest BCUT2D eigenvalue weighted by Gasteiger charge is -2.34. The highest BCUT2D eigenvalue weighted by atomic mass is 19.1. The van der Waals surface area contributed by atoms with Crippen molar-refractivity contribution in [1.29, 1.82) is 0 Å². The molecule has 1 amide bonds. The molecule has 1 aliphatic carbocycles. The smallest absolute Gasteiger partial charge is 0.239 e. The predicted octanol–water partition coefficient (Wildman–Crippen LogP) is 2.65. The number of morpholine rings is 1. The Bertz CT molecular complexity index is 578. The molecule has 2 saturated heterocycles. The Balaban J connectivity index is 1.40. The Morgan fingerprint density at radius 1 is 1.21 bits per heavy atom. The number of hydrogen-bond acceptors (Lipinski definition) is 3. The third-order valence-electron chi connectivity index (χ3n) is 5.78. The molecule has 24 heavy (non-hydrogen) atoms. The third kappa shape index (κ3) is 3.20. The summed E-state index contributed by atoms with van der Waals surface area (Å²) in [6.07, 6.45) is 5.85. The number of benzene rings is 1. The number of ether oxygens (including phenoxy) is 1. The molecule has 0 aromatic heterocycles. The zero-order valence-corrected chi connectivity index (χ0v) is 13.9. The number of carbonyl (C=O) groups excluding carboxylic acids is 1. The maximum absolute atomic E-state index is 13.1. The zero-order valence-electron chi connectivity index (χ0n) is 13.9. The van der Waals surface area contributed by atoms with E-state index >= 15 is 0 Å². The molecule has 4 rings (SSSR count). The largest absolute Gasteiger partial charge is 0.370 e. The number of nitrogens with one attached hydrogen (secondary N) is 1. The molecular weight excluding hydrogens is 307 g/mol. The van der Waals surface area contributed by atoms with Gasteiger partial charge in [-0.1, -0.05) is 25.0 Å². The highest BCUT2D eigenvalue weighted by molar-refractivity contribution is 5.82. The summed E-state index contributed by atoms with van der Waals surface area (Å²) in [5.74, 6) is 0.627. The summed E-state index contributed by atoms with van der Waals surface area (Å²) in [6.45, 7) is 1.73. The number of hydrogen-bond donors (Lipinski definition) is 1. The molecular formula is C19H25FN2O2. The molecule has 1 aromatic carbocycles. The molecule has 0 bridgehead atoms. The molecule has 4 unspecified atom stereocenters. The van der Waals surface area contributed by atoms with Crippen molar-refractivity contribution in [1.82, 2.24) is 10.2 Å². The maximum atomic E-state index is 13.1. The van der Waals surface area contributed by atoms with E-state index in [9.17, 15) is 9.18 Å². The quantitative estimate of drug-likeness (QED) is 0.905. The fourth-order valence-corrected chi connectivity index (χ4v) is 4.46. The van der Waals surface area contributed by atoms with Crippen LogP contribution in [0, 0.1) is 11.7 Å². The van der Waals surface area contributed by atoms with Crippen molar-refractivity contribution in [2.24, 2.45) is 5.92 Å². The molecule has 1 saturated carbocycles. The van der Waals surface area contributed by atoms with Gasteiger partial charge in [0.25, 0.3) is 0 Å². The standard InChI is InChI=1S/C19H25FN2O2/c20-15-7-5-13(6-8-15)18-12-22(9-10-24-18)19(23)17-11-14-3-1-2-4-16(14)21-17/h5-8,14,16-18,21H,1-4,9-12H2. The van der Waals surface area contributed by atoms with E-state index in [2.05, 4.69) is 5.32 Å². The van der Waals surface area contributed by atoms with Crippen molar-refractivity contribution in [3.63, 3.8) is 0 Å². The molecule has 3 fully saturated rings. The lowest BCUT2D eigenvalue weighted by atomic mass is 9.85. The molecule has 2 heterocycles. The van der Waals surface area contributed by atoms with Crippen LogP contribution in [0.25, 0.3) is 0 Å². The van der Waals surface area contributed by atoms with Crippen molar-refractivity contribution in [3.05, 3.63) is 35.6 Å². The molecule has 4 nitrogen and oxygen atoms in total. The van der Waals surface area contributed by atoms with E-state index in [4.69, 9.17) is 4.74 Å². The van der Waals surface area contributed by atoms with Gasteiger partial charge in [0.15, 0.2) is 0 Å². The van der Waals surface area contributed by atoms with Gasteiger partial charge in [-0.2, -0.15) is 0 Å². The second-order valence-corrected chi connectivity index (χ2v) is 7.30. The van der Waals surface area contributed by atoms with Gasteiger partial charge in [-0.3, -0.25) is 4.79 Å². The minimum atomic E-state index is -0.250. The Morgan fingerprint density at radius 2 is 2.00 bits per heavy atom. The fourth-order valence-electron chi connectivity index (χ4n) is 4.46. The highest BCUT2D eigenvalue weighted by Gasteiger charge is 2.40. The van der Waals surface area contributed by atoms with Crippen LogP contribution in [0.3, 0.4) is 0 Å². The Labute approximate surface area is 142 Å². The van der Waals surface area contributed by atoms with E-state index in [1.54, 1.807) is 12.1 Å². The van der Waals surface area contributed by atoms with Gasteiger partial charge in [0.05, 0.1) is 19.2 Å². The number of carbonyl (C=O) groups is 1. The van der Waals surface area contributed by atoms with Crippen LogP contribution in [0.2, 0.25) is 0 Å². The average molecular weight is 332 g/mol. The van der Waals surface area contributed by atoms with Crippen LogP contribution >= 0.6 is 0 Å². The van der Waals surface area contributed by atoms with E-state index in [0.717, 1.165) is 12.0 Å². The molecule has 2 aliphatic heterocycles. The van der Waals surface area contributed by atoms with Crippen LogP contribution < -0.4 is 5.32 Å². The van der Waals surface area contributed by atoms with Crippen molar-refractivity contribution in [2.75, 3.05) is 19.7 Å². The van der Waals surface area contributed by atoms with Crippen LogP contribution in [-0.4, -0.2) is 42.6 Å². The topological polar surface area (TPSA) is 41.6 Å². The van der Waals surface area contributed by atoms with Crippen LogP contribution in [0.15, 0.2) is 24.3 Å². The normalized spacial score (nSPS) is 33.3. The Kier molecular flexibility index (Phi) is 4.55. The maximum Gasteiger partial charge on any atom is 0.239 e. The van der Waals surface area contributed by atoms with Crippen LogP contribution in [-0.2, 0) is 9.53 Å². The number of rotatable bonds is 2. The van der Waals surface area contributed by atoms with Gasteiger partial charge >= 0.3 is 0 Å². The minimum Gasteiger partial charge on any atom is -0.370 e. The first-order chi connectivity index (χ1) is 11.7. The first kappa shape index (κ1) is 16.0. The average Bonchev–Trinajstić information content (AvgIpc) is 3.06.